The molecule has 1 amide bonds. The van der Waals surface area contributed by atoms with Crippen molar-refractivity contribution in [2.75, 3.05) is 0 Å². The number of hydrogen-bond acceptors (Lipinski definition) is 3. The zero-order chi connectivity index (χ0) is 24.0. The molecule has 7 heteroatoms. The number of benzene rings is 3. The van der Waals surface area contributed by atoms with E-state index in [1.54, 1.807) is 12.1 Å². The molecule has 0 saturated heterocycles. The first-order valence-electron chi connectivity index (χ1n) is 10.8. The maximum absolute atomic E-state index is 12.6. The Kier molecular flexibility index (Phi) is 6.07. The topological polar surface area (TPSA) is 45.6 Å². The van der Waals surface area contributed by atoms with Crippen LogP contribution in [0, 0.1) is 6.92 Å². The fourth-order valence-corrected chi connectivity index (χ4v) is 5.29. The highest BCUT2D eigenvalue weighted by Gasteiger charge is 2.34. The highest BCUT2D eigenvalue weighted by Crippen LogP contribution is 2.41. The molecule has 4 aromatic rings. The van der Waals surface area contributed by atoms with E-state index in [1.165, 1.54) is 11.9 Å². The molecular formula is C27H20Cl3N3O. The van der Waals surface area contributed by atoms with Gasteiger partial charge < -0.3 is 0 Å². The van der Waals surface area contributed by atoms with Gasteiger partial charge in [-0.1, -0.05) is 71.2 Å². The maximum atomic E-state index is 12.6. The Balaban J connectivity index is 1.73. The third-order valence-electron chi connectivity index (χ3n) is 6.03. The minimum Gasteiger partial charge on any atom is -0.273 e. The second-order valence-electron chi connectivity index (χ2n) is 8.27. The number of rotatable bonds is 3. The minimum atomic E-state index is -0.338. The van der Waals surface area contributed by atoms with Crippen LogP contribution in [0.15, 0.2) is 71.8 Å². The number of aromatic nitrogens is 1. The molecule has 5 rings (SSSR count). The summed E-state index contributed by atoms with van der Waals surface area (Å²) in [5, 5.41) is 8.90. The molecule has 0 radical (unpaired) electrons. The number of amides is 1. The van der Waals surface area contributed by atoms with Gasteiger partial charge in [0.05, 0.1) is 17.3 Å². The average molecular weight is 509 g/mol. The van der Waals surface area contributed by atoms with Crippen molar-refractivity contribution in [3.8, 4) is 11.1 Å². The Morgan fingerprint density at radius 1 is 0.941 bits per heavy atom. The van der Waals surface area contributed by atoms with Gasteiger partial charge in [-0.25, -0.2) is 5.01 Å². The van der Waals surface area contributed by atoms with Crippen molar-refractivity contribution in [2.24, 2.45) is 5.10 Å². The summed E-state index contributed by atoms with van der Waals surface area (Å²) in [6.07, 6.45) is 0.495. The Hall–Kier alpha value is -2.92. The molecule has 2 heterocycles. The molecule has 1 atom stereocenters. The quantitative estimate of drug-likeness (QED) is 0.283. The molecule has 0 saturated carbocycles. The first-order chi connectivity index (χ1) is 16.3. The van der Waals surface area contributed by atoms with Crippen LogP contribution in [-0.2, 0) is 4.79 Å². The number of carbonyl (C=O) groups excluding carboxylic acids is 1. The van der Waals surface area contributed by atoms with Crippen LogP contribution in [0.3, 0.4) is 0 Å². The molecule has 0 spiro atoms. The molecule has 3 aromatic carbocycles. The normalized spacial score (nSPS) is 15.6. The van der Waals surface area contributed by atoms with E-state index in [9.17, 15) is 4.79 Å². The van der Waals surface area contributed by atoms with E-state index in [2.05, 4.69) is 12.1 Å². The lowest BCUT2D eigenvalue weighted by atomic mass is 9.89. The van der Waals surface area contributed by atoms with E-state index < -0.39 is 0 Å². The lowest BCUT2D eigenvalue weighted by Crippen LogP contribution is -2.24. The third-order valence-corrected chi connectivity index (χ3v) is 6.83. The molecular weight excluding hydrogens is 489 g/mol. The van der Waals surface area contributed by atoms with Crippen molar-refractivity contribution in [3.63, 3.8) is 0 Å². The van der Waals surface area contributed by atoms with Gasteiger partial charge in [-0.2, -0.15) is 5.10 Å². The van der Waals surface area contributed by atoms with E-state index >= 15 is 0 Å². The van der Waals surface area contributed by atoms with Crippen LogP contribution in [0.2, 0.25) is 15.1 Å². The van der Waals surface area contributed by atoms with Crippen molar-refractivity contribution in [1.82, 2.24) is 9.99 Å². The van der Waals surface area contributed by atoms with Crippen molar-refractivity contribution in [3.05, 3.63) is 98.6 Å². The van der Waals surface area contributed by atoms with Gasteiger partial charge >= 0.3 is 0 Å². The molecule has 34 heavy (non-hydrogen) atoms. The van der Waals surface area contributed by atoms with Crippen LogP contribution in [0.1, 0.15) is 36.2 Å². The number of halogens is 3. The lowest BCUT2D eigenvalue weighted by molar-refractivity contribution is -0.130. The van der Waals surface area contributed by atoms with Crippen molar-refractivity contribution < 1.29 is 4.79 Å². The van der Waals surface area contributed by atoms with Crippen LogP contribution in [-0.4, -0.2) is 21.6 Å². The van der Waals surface area contributed by atoms with Crippen molar-refractivity contribution in [2.45, 2.75) is 26.3 Å². The summed E-state index contributed by atoms with van der Waals surface area (Å²) >= 11 is 19.0. The smallest absolute Gasteiger partial charge is 0.240 e. The first kappa shape index (κ1) is 22.9. The van der Waals surface area contributed by atoms with Gasteiger partial charge in [-0.05, 0) is 48.4 Å². The summed E-state index contributed by atoms with van der Waals surface area (Å²) < 4.78 is 0. The number of pyridine rings is 1. The lowest BCUT2D eigenvalue weighted by Gasteiger charge is -2.21. The molecule has 0 N–H and O–H groups in total. The fraction of sp³-hybridized carbons (Fsp3) is 0.148. The number of fused-ring (bicyclic) bond motifs is 1. The number of hydrazone groups is 1. The van der Waals surface area contributed by atoms with Gasteiger partial charge in [0.1, 0.15) is 0 Å². The second kappa shape index (κ2) is 9.03. The molecule has 1 aromatic heterocycles. The third kappa shape index (κ3) is 4.07. The number of aryl methyl sites for hydroxylation is 1. The van der Waals surface area contributed by atoms with Gasteiger partial charge in [0.15, 0.2) is 0 Å². The Morgan fingerprint density at radius 2 is 1.65 bits per heavy atom. The Morgan fingerprint density at radius 3 is 2.35 bits per heavy atom. The maximum Gasteiger partial charge on any atom is 0.240 e. The van der Waals surface area contributed by atoms with Gasteiger partial charge in [0, 0.05) is 50.6 Å². The summed E-state index contributed by atoms with van der Waals surface area (Å²) in [5.74, 6) is -0.165. The minimum absolute atomic E-state index is 0.165. The van der Waals surface area contributed by atoms with Crippen LogP contribution in [0.4, 0.5) is 0 Å². The van der Waals surface area contributed by atoms with Crippen LogP contribution in [0.5, 0.6) is 0 Å². The highest BCUT2D eigenvalue weighted by atomic mass is 35.5. The van der Waals surface area contributed by atoms with Crippen LogP contribution >= 0.6 is 34.8 Å². The highest BCUT2D eigenvalue weighted by molar-refractivity contribution is 6.35. The average Bonchev–Trinajstić information content (AvgIpc) is 3.24. The van der Waals surface area contributed by atoms with Crippen molar-refractivity contribution in [1.29, 1.82) is 0 Å². The number of carbonyl (C=O) groups is 1. The number of nitrogens with zero attached hydrogens (tertiary/aromatic N) is 3. The molecule has 4 nitrogen and oxygen atoms in total. The van der Waals surface area contributed by atoms with Crippen LogP contribution < -0.4 is 0 Å². The molecule has 1 aliphatic rings. The monoisotopic (exact) mass is 507 g/mol. The molecule has 1 aliphatic heterocycles. The van der Waals surface area contributed by atoms with Crippen LogP contribution in [0.25, 0.3) is 22.0 Å². The second-order valence-corrected chi connectivity index (χ2v) is 9.55. The summed E-state index contributed by atoms with van der Waals surface area (Å²) in [7, 11) is 0. The Bertz CT molecular complexity index is 1470. The van der Waals surface area contributed by atoms with Gasteiger partial charge in [0.25, 0.3) is 0 Å². The van der Waals surface area contributed by atoms with Gasteiger partial charge in [-0.3, -0.25) is 9.78 Å². The van der Waals surface area contributed by atoms with E-state index in [0.717, 1.165) is 44.6 Å². The molecule has 170 valence electrons. The zero-order valence-electron chi connectivity index (χ0n) is 18.5. The zero-order valence-corrected chi connectivity index (χ0v) is 20.8. The standard InChI is InChI=1S/C27H20Cl3N3O/c1-15-26(24-14-25(33(32-24)16(2)34)20-10-8-19(29)13-22(20)30)27(17-6-4-3-5-7-17)21-12-18(28)9-11-23(21)31-15/h3-13,25H,14H2,1-2H3. The Labute approximate surface area is 212 Å². The predicted octanol–water partition coefficient (Wildman–Crippen LogP) is 7.87. The van der Waals surface area contributed by atoms with E-state index in [4.69, 9.17) is 44.9 Å². The largest absolute Gasteiger partial charge is 0.273 e. The first-order valence-corrected chi connectivity index (χ1v) is 11.9. The molecule has 0 bridgehead atoms. The van der Waals surface area contributed by atoms with Crippen molar-refractivity contribution >= 4 is 57.3 Å². The van der Waals surface area contributed by atoms with E-state index in [-0.39, 0.29) is 11.9 Å². The molecule has 1 unspecified atom stereocenters. The summed E-state index contributed by atoms with van der Waals surface area (Å²) in [6.45, 7) is 3.48. The molecule has 0 aliphatic carbocycles. The molecule has 0 fully saturated rings. The van der Waals surface area contributed by atoms with E-state index in [0.29, 0.717) is 21.5 Å². The fourth-order valence-electron chi connectivity index (χ4n) is 4.58. The summed E-state index contributed by atoms with van der Waals surface area (Å²) in [5.41, 5.74) is 6.19. The summed E-state index contributed by atoms with van der Waals surface area (Å²) in [4.78, 5) is 17.5. The van der Waals surface area contributed by atoms with Gasteiger partial charge in [0.2, 0.25) is 5.91 Å². The van der Waals surface area contributed by atoms with E-state index in [1.807, 2.05) is 49.4 Å². The summed E-state index contributed by atoms with van der Waals surface area (Å²) in [6, 6.07) is 20.8. The SMILES string of the molecule is CC(=O)N1N=C(c2c(C)nc3ccc(Cl)cc3c2-c2ccccc2)CC1c1ccc(Cl)cc1Cl. The van der Waals surface area contributed by atoms with Gasteiger partial charge in [-0.15, -0.1) is 0 Å². The predicted molar refractivity (Wildman–Crippen MR) is 140 cm³/mol. The number of hydrogen-bond donors (Lipinski definition) is 0.